The molecule has 0 aliphatic carbocycles. The average molecular weight is 153 g/mol. The van der Waals surface area contributed by atoms with Gasteiger partial charge in [0.2, 0.25) is 0 Å². The van der Waals surface area contributed by atoms with Crippen LogP contribution in [0.15, 0.2) is 10.7 Å². The van der Waals surface area contributed by atoms with Crippen LogP contribution in [0.2, 0.25) is 0 Å². The third-order valence-electron chi connectivity index (χ3n) is 1.59. The molecule has 0 unspecified atom stereocenters. The number of hydrogen-bond acceptors (Lipinski definition) is 2. The highest BCUT2D eigenvalue weighted by Crippen LogP contribution is 2.21. The summed E-state index contributed by atoms with van der Waals surface area (Å²) in [4.78, 5) is 0. The fourth-order valence-corrected chi connectivity index (χ4v) is 1.08. The zero-order valence-corrected chi connectivity index (χ0v) is 7.56. The standard InChI is InChI=1S/C9H15NO/c1-6(2)10-9-7(3)5-11-8(9)4/h5-6,10H,1-4H3. The summed E-state index contributed by atoms with van der Waals surface area (Å²) in [5.41, 5.74) is 2.32. The second-order valence-electron chi connectivity index (χ2n) is 3.15. The molecule has 1 N–H and O–H groups in total. The Kier molecular flexibility index (Phi) is 2.22. The minimum absolute atomic E-state index is 0.463. The number of hydrogen-bond donors (Lipinski definition) is 1. The van der Waals surface area contributed by atoms with Crippen LogP contribution in [0.4, 0.5) is 5.69 Å². The van der Waals surface area contributed by atoms with Gasteiger partial charge in [0.05, 0.1) is 12.0 Å². The highest BCUT2D eigenvalue weighted by molar-refractivity contribution is 5.53. The topological polar surface area (TPSA) is 25.2 Å². The molecule has 62 valence electrons. The molecule has 1 heterocycles. The first-order valence-electron chi connectivity index (χ1n) is 3.92. The molecule has 11 heavy (non-hydrogen) atoms. The van der Waals surface area contributed by atoms with E-state index in [1.165, 1.54) is 5.56 Å². The number of anilines is 1. The van der Waals surface area contributed by atoms with Gasteiger partial charge in [0.25, 0.3) is 0 Å². The molecule has 0 fully saturated rings. The van der Waals surface area contributed by atoms with Gasteiger partial charge in [0, 0.05) is 11.6 Å². The van der Waals surface area contributed by atoms with Crippen molar-refractivity contribution in [2.24, 2.45) is 0 Å². The van der Waals surface area contributed by atoms with Crippen molar-refractivity contribution in [3.63, 3.8) is 0 Å². The summed E-state index contributed by atoms with van der Waals surface area (Å²) in [7, 11) is 0. The van der Waals surface area contributed by atoms with Crippen molar-refractivity contribution in [1.82, 2.24) is 0 Å². The smallest absolute Gasteiger partial charge is 0.124 e. The minimum atomic E-state index is 0.463. The third-order valence-corrected chi connectivity index (χ3v) is 1.59. The second kappa shape index (κ2) is 2.99. The molecule has 0 bridgehead atoms. The summed E-state index contributed by atoms with van der Waals surface area (Å²) < 4.78 is 5.23. The Balaban J connectivity index is 2.83. The maximum atomic E-state index is 5.23. The quantitative estimate of drug-likeness (QED) is 0.706. The highest BCUT2D eigenvalue weighted by Gasteiger charge is 2.06. The molecule has 0 atom stereocenters. The predicted octanol–water partition coefficient (Wildman–Crippen LogP) is 2.72. The Morgan fingerprint density at radius 2 is 2.00 bits per heavy atom. The Morgan fingerprint density at radius 3 is 2.36 bits per heavy atom. The first-order chi connectivity index (χ1) is 5.11. The third kappa shape index (κ3) is 1.76. The monoisotopic (exact) mass is 153 g/mol. The Hall–Kier alpha value is -0.920. The molecular formula is C9H15NO. The Labute approximate surface area is 67.6 Å². The molecule has 0 aliphatic rings. The van der Waals surface area contributed by atoms with Gasteiger partial charge in [0.1, 0.15) is 5.76 Å². The molecular weight excluding hydrogens is 138 g/mol. The van der Waals surface area contributed by atoms with E-state index in [1.807, 2.05) is 13.8 Å². The molecule has 0 radical (unpaired) electrons. The zero-order chi connectivity index (χ0) is 8.43. The van der Waals surface area contributed by atoms with Crippen LogP contribution < -0.4 is 5.32 Å². The maximum Gasteiger partial charge on any atom is 0.124 e. The lowest BCUT2D eigenvalue weighted by Gasteiger charge is -2.08. The summed E-state index contributed by atoms with van der Waals surface area (Å²) in [6.07, 6.45) is 1.78. The maximum absolute atomic E-state index is 5.23. The lowest BCUT2D eigenvalue weighted by Crippen LogP contribution is -2.10. The van der Waals surface area contributed by atoms with Crippen LogP contribution in [0.5, 0.6) is 0 Å². The van der Waals surface area contributed by atoms with E-state index in [2.05, 4.69) is 19.2 Å². The van der Waals surface area contributed by atoms with E-state index >= 15 is 0 Å². The molecule has 1 aromatic heterocycles. The van der Waals surface area contributed by atoms with Crippen LogP contribution in [0, 0.1) is 13.8 Å². The Bertz CT molecular complexity index is 218. The lowest BCUT2D eigenvalue weighted by atomic mass is 10.2. The van der Waals surface area contributed by atoms with E-state index in [0.29, 0.717) is 6.04 Å². The van der Waals surface area contributed by atoms with Gasteiger partial charge in [-0.2, -0.15) is 0 Å². The van der Waals surface area contributed by atoms with Crippen LogP contribution in [0.3, 0.4) is 0 Å². The van der Waals surface area contributed by atoms with E-state index in [1.54, 1.807) is 6.26 Å². The summed E-state index contributed by atoms with van der Waals surface area (Å²) in [5, 5.41) is 3.33. The first-order valence-corrected chi connectivity index (χ1v) is 3.92. The first kappa shape index (κ1) is 8.18. The van der Waals surface area contributed by atoms with Gasteiger partial charge >= 0.3 is 0 Å². The van der Waals surface area contributed by atoms with E-state index in [4.69, 9.17) is 4.42 Å². The van der Waals surface area contributed by atoms with Gasteiger partial charge in [-0.05, 0) is 27.7 Å². The van der Waals surface area contributed by atoms with Crippen LogP contribution in [0.25, 0.3) is 0 Å². The molecule has 0 aliphatic heterocycles. The molecule has 2 heteroatoms. The van der Waals surface area contributed by atoms with Crippen molar-refractivity contribution in [3.05, 3.63) is 17.6 Å². The van der Waals surface area contributed by atoms with Crippen molar-refractivity contribution in [1.29, 1.82) is 0 Å². The van der Waals surface area contributed by atoms with Gasteiger partial charge in [0.15, 0.2) is 0 Å². The van der Waals surface area contributed by atoms with Gasteiger partial charge in [-0.25, -0.2) is 0 Å². The van der Waals surface area contributed by atoms with Gasteiger partial charge in [-0.15, -0.1) is 0 Å². The normalized spacial score (nSPS) is 10.6. The van der Waals surface area contributed by atoms with E-state index in [0.717, 1.165) is 11.4 Å². The highest BCUT2D eigenvalue weighted by atomic mass is 16.3. The fraction of sp³-hybridized carbons (Fsp3) is 0.556. The number of furan rings is 1. The van der Waals surface area contributed by atoms with Crippen LogP contribution in [0.1, 0.15) is 25.2 Å². The van der Waals surface area contributed by atoms with Crippen LogP contribution in [-0.2, 0) is 0 Å². The minimum Gasteiger partial charge on any atom is -0.467 e. The largest absolute Gasteiger partial charge is 0.467 e. The molecule has 0 saturated carbocycles. The summed E-state index contributed by atoms with van der Waals surface area (Å²) in [6, 6.07) is 0.463. The van der Waals surface area contributed by atoms with Crippen molar-refractivity contribution in [2.45, 2.75) is 33.7 Å². The fourth-order valence-electron chi connectivity index (χ4n) is 1.08. The number of aryl methyl sites for hydroxylation is 2. The molecule has 1 rings (SSSR count). The molecule has 2 nitrogen and oxygen atoms in total. The molecule has 0 amide bonds. The van der Waals surface area contributed by atoms with Crippen molar-refractivity contribution >= 4 is 5.69 Å². The van der Waals surface area contributed by atoms with Crippen molar-refractivity contribution < 1.29 is 4.42 Å². The van der Waals surface area contributed by atoms with Crippen LogP contribution in [-0.4, -0.2) is 6.04 Å². The number of rotatable bonds is 2. The lowest BCUT2D eigenvalue weighted by molar-refractivity contribution is 0.533. The molecule has 1 aromatic rings. The second-order valence-corrected chi connectivity index (χ2v) is 3.15. The van der Waals surface area contributed by atoms with E-state index in [-0.39, 0.29) is 0 Å². The van der Waals surface area contributed by atoms with Gasteiger partial charge < -0.3 is 9.73 Å². The molecule has 0 spiro atoms. The summed E-state index contributed by atoms with van der Waals surface area (Å²) in [5.74, 6) is 0.969. The summed E-state index contributed by atoms with van der Waals surface area (Å²) >= 11 is 0. The van der Waals surface area contributed by atoms with E-state index in [9.17, 15) is 0 Å². The van der Waals surface area contributed by atoms with Crippen molar-refractivity contribution in [3.8, 4) is 0 Å². The summed E-state index contributed by atoms with van der Waals surface area (Å²) in [6.45, 7) is 8.25. The van der Waals surface area contributed by atoms with Crippen LogP contribution >= 0.6 is 0 Å². The zero-order valence-electron chi connectivity index (χ0n) is 7.56. The molecule has 0 saturated heterocycles. The van der Waals surface area contributed by atoms with E-state index < -0.39 is 0 Å². The SMILES string of the molecule is Cc1coc(C)c1NC(C)C. The van der Waals surface area contributed by atoms with Gasteiger partial charge in [-0.3, -0.25) is 0 Å². The predicted molar refractivity (Wildman–Crippen MR) is 46.9 cm³/mol. The molecule has 0 aromatic carbocycles. The van der Waals surface area contributed by atoms with Gasteiger partial charge in [-0.1, -0.05) is 0 Å². The average Bonchev–Trinajstić information content (AvgIpc) is 2.18. The Morgan fingerprint density at radius 1 is 1.36 bits per heavy atom. The van der Waals surface area contributed by atoms with Crippen molar-refractivity contribution in [2.75, 3.05) is 5.32 Å². The number of nitrogens with one attached hydrogen (secondary N) is 1.